The summed E-state index contributed by atoms with van der Waals surface area (Å²) in [7, 11) is 0. The van der Waals surface area contributed by atoms with Gasteiger partial charge in [-0.25, -0.2) is 0 Å². The van der Waals surface area contributed by atoms with E-state index < -0.39 is 0 Å². The van der Waals surface area contributed by atoms with E-state index in [1.165, 1.54) is 109 Å². The van der Waals surface area contributed by atoms with Crippen LogP contribution >= 0.6 is 0 Å². The third-order valence-corrected chi connectivity index (χ3v) is 14.8. The molecule has 0 N–H and O–H groups in total. The maximum atomic E-state index is 3.78. The van der Waals surface area contributed by atoms with Crippen LogP contribution in [0.1, 0.15) is 251 Å². The molecule has 14 aromatic carbocycles. The minimum absolute atomic E-state index is 0. The maximum Gasteiger partial charge on any atom is 0.0725 e. The summed E-state index contributed by atoms with van der Waals surface area (Å²) < 4.78 is 0. The number of benzene rings is 14. The van der Waals surface area contributed by atoms with Gasteiger partial charge in [0.05, 0.1) is 5.41 Å². The molecule has 1 nitrogen and oxygen atoms in total. The van der Waals surface area contributed by atoms with Crippen LogP contribution in [0.4, 0.5) is 0 Å². The predicted molar refractivity (Wildman–Crippen MR) is 517 cm³/mol. The molecule has 0 bridgehead atoms. The zero-order chi connectivity index (χ0) is 83.6. The van der Waals surface area contributed by atoms with Crippen molar-refractivity contribution < 1.29 is 0 Å². The lowest BCUT2D eigenvalue weighted by atomic mass is 9.70. The van der Waals surface area contributed by atoms with Crippen LogP contribution < -0.4 is 0 Å². The lowest BCUT2D eigenvalue weighted by Gasteiger charge is -2.30. The van der Waals surface area contributed by atoms with Crippen LogP contribution in [-0.2, 0) is 5.41 Å². The Labute approximate surface area is 678 Å². The molecule has 0 radical (unpaired) electrons. The van der Waals surface area contributed by atoms with Gasteiger partial charge in [0.15, 0.2) is 0 Å². The third kappa shape index (κ3) is 32.3. The highest BCUT2D eigenvalue weighted by Gasteiger charge is 2.51. The molecule has 1 aromatic heterocycles. The summed E-state index contributed by atoms with van der Waals surface area (Å²) in [6.45, 7) is 64.0. The van der Waals surface area contributed by atoms with E-state index >= 15 is 0 Å². The molecule has 1 heterocycles. The van der Waals surface area contributed by atoms with Gasteiger partial charge in [0.1, 0.15) is 0 Å². The van der Waals surface area contributed by atoms with Crippen molar-refractivity contribution in [3.05, 3.63) is 356 Å². The summed E-state index contributed by atoms with van der Waals surface area (Å²) in [4.78, 5) is 3.78. The highest BCUT2D eigenvalue weighted by molar-refractivity contribution is 6.23. The first-order chi connectivity index (χ1) is 54.3. The first-order valence-electron chi connectivity index (χ1n) is 42.4. The number of aromatic nitrogens is 1. The van der Waals surface area contributed by atoms with E-state index in [0.717, 1.165) is 0 Å². The Kier molecular flexibility index (Phi) is 76.5. The molecular weight excluding hydrogens is 1320 g/mol. The van der Waals surface area contributed by atoms with E-state index in [0.29, 0.717) is 0 Å². The molecule has 1 spiro atoms. The molecule has 0 fully saturated rings. The van der Waals surface area contributed by atoms with Crippen LogP contribution in [0.3, 0.4) is 0 Å². The lowest BCUT2D eigenvalue weighted by Crippen LogP contribution is -2.25. The topological polar surface area (TPSA) is 12.9 Å². The molecule has 2 aliphatic carbocycles. The van der Waals surface area contributed by atoms with Gasteiger partial charge in [-0.2, -0.15) is 0 Å². The molecule has 1 heteroatoms. The highest BCUT2D eigenvalue weighted by Crippen LogP contribution is 2.62. The smallest absolute Gasteiger partial charge is 0.0725 e. The zero-order valence-corrected chi connectivity index (χ0v) is 74.7. The van der Waals surface area contributed by atoms with Crippen LogP contribution in [0.15, 0.2) is 334 Å². The summed E-state index contributed by atoms with van der Waals surface area (Å²) >= 11 is 0. The van der Waals surface area contributed by atoms with Crippen molar-refractivity contribution in [3.63, 3.8) is 0 Å². The monoisotopic (exact) mass is 1480 g/mol. The number of hydrogen-bond donors (Lipinski definition) is 0. The van der Waals surface area contributed by atoms with E-state index in [1.54, 1.807) is 12.4 Å². The van der Waals surface area contributed by atoms with Gasteiger partial charge in [0.2, 0.25) is 0 Å². The fraction of sp³-hybridized carbons (Fsp3) is 0.312. The van der Waals surface area contributed by atoms with E-state index in [1.807, 2.05) is 276 Å². The first-order valence-corrected chi connectivity index (χ1v) is 42.4. The van der Waals surface area contributed by atoms with Crippen molar-refractivity contribution in [2.45, 2.75) is 234 Å². The van der Waals surface area contributed by atoms with Crippen molar-refractivity contribution in [2.24, 2.45) is 0 Å². The molecule has 15 aromatic rings. The van der Waals surface area contributed by atoms with Crippen molar-refractivity contribution in [3.8, 4) is 22.3 Å². The van der Waals surface area contributed by atoms with Crippen LogP contribution in [0.2, 0.25) is 0 Å². The minimum atomic E-state index is -0.180. The van der Waals surface area contributed by atoms with Crippen LogP contribution in [-0.4, -0.2) is 4.98 Å². The Morgan fingerprint density at radius 2 is 0.327 bits per heavy atom. The van der Waals surface area contributed by atoms with Crippen LogP contribution in [0, 0.1) is 0 Å². The SMILES string of the molecule is C.CC.CC.CC.CC.CC.CC.CC.CC.CC.CC.CC.CC.CC.CC.CC.CC.c1cc2ccc3cccc4ccc(c1)c2c34.c1ccc2c(c1)-c1ccccc1C21c2ccccc2-c2ccccc21.c1ccc2c(c1)ccc1ccccc12.c1ccc2ccccc2c1.c1ccccc1.c1ccncc1. The summed E-state index contributed by atoms with van der Waals surface area (Å²) in [5.74, 6) is 0. The summed E-state index contributed by atoms with van der Waals surface area (Å²) in [6.07, 6.45) is 3.50. The van der Waals surface area contributed by atoms with Gasteiger partial charge in [-0.15, -0.1) is 0 Å². The highest BCUT2D eigenvalue weighted by atomic mass is 14.6. The maximum absolute atomic E-state index is 3.78. The van der Waals surface area contributed by atoms with E-state index in [-0.39, 0.29) is 12.8 Å². The molecule has 0 unspecified atom stereocenters. The van der Waals surface area contributed by atoms with Crippen molar-refractivity contribution >= 4 is 64.6 Å². The van der Waals surface area contributed by atoms with Crippen molar-refractivity contribution in [1.29, 1.82) is 0 Å². The van der Waals surface area contributed by atoms with Gasteiger partial charge < -0.3 is 0 Å². The second-order valence-electron chi connectivity index (χ2n) is 19.3. The number of rotatable bonds is 0. The lowest BCUT2D eigenvalue weighted by molar-refractivity contribution is 0.794. The average molecular weight is 1480 g/mol. The van der Waals surface area contributed by atoms with Crippen molar-refractivity contribution in [1.82, 2.24) is 4.98 Å². The largest absolute Gasteiger partial charge is 0.265 e. The predicted octanol–water partition coefficient (Wildman–Crippen LogP) is 37.3. The summed E-state index contributed by atoms with van der Waals surface area (Å²) in [5, 5.41) is 16.1. The Hall–Kier alpha value is -9.95. The summed E-state index contributed by atoms with van der Waals surface area (Å²) in [5.41, 5.74) is 10.9. The fourth-order valence-corrected chi connectivity index (χ4v) is 11.5. The van der Waals surface area contributed by atoms with Crippen LogP contribution in [0.25, 0.3) is 86.9 Å². The van der Waals surface area contributed by atoms with E-state index in [9.17, 15) is 0 Å². The van der Waals surface area contributed by atoms with Crippen molar-refractivity contribution in [2.75, 3.05) is 0 Å². The number of nitrogens with zero attached hydrogens (tertiary/aromatic N) is 1. The molecular formula is C109H155N. The van der Waals surface area contributed by atoms with Gasteiger partial charge in [0, 0.05) is 12.4 Å². The zero-order valence-electron chi connectivity index (χ0n) is 74.7. The normalized spacial score (nSPS) is 9.09. The Morgan fingerprint density at radius 1 is 0.155 bits per heavy atom. The van der Waals surface area contributed by atoms with Crippen LogP contribution in [0.5, 0.6) is 0 Å². The first kappa shape index (κ1) is 111. The standard InChI is InChI=1S/C25H16.C16H10.C14H10.C10H8.C6H6.C5H5N.16C2H6.CH4/c1-5-13-21-17(9-1)18-10-2-6-14-22(18)25(21)23-15-7-3-11-19(23)20-12-4-8-16-24(20)25;1-3-11-7-9-13-5-2-6-14-10-8-12(4-1)15(11)16(13)14;1-3-7-13-11(5-1)9-10-12-6-2-4-8-14(12)13;1-2-6-10-8-4-3-7-9(10)5-1;2*1-2-4-6-5-3-1;16*1-2;/h1-16H;1-10H;1-10H;1-8H;1-6H;1-5H;16*1-2H3;1H4. The molecule has 0 saturated carbocycles. The van der Waals surface area contributed by atoms with Gasteiger partial charge in [-0.05, 0) is 121 Å². The Bertz CT molecular complexity index is 3880. The molecule has 0 aliphatic heterocycles. The van der Waals surface area contributed by atoms with Gasteiger partial charge in [-0.1, -0.05) is 538 Å². The molecule has 0 atom stereocenters. The van der Waals surface area contributed by atoms with Gasteiger partial charge in [-0.3, -0.25) is 4.98 Å². The van der Waals surface area contributed by atoms with E-state index in [2.05, 4.69) is 272 Å². The average Bonchev–Trinajstić information content (AvgIpc) is 1.51. The van der Waals surface area contributed by atoms with E-state index in [4.69, 9.17) is 0 Å². The molecule has 110 heavy (non-hydrogen) atoms. The fourth-order valence-electron chi connectivity index (χ4n) is 11.5. The second-order valence-corrected chi connectivity index (χ2v) is 19.3. The molecule has 0 amide bonds. The number of fused-ring (bicyclic) bond motifs is 14. The quantitative estimate of drug-likeness (QED) is 0.138. The Morgan fingerprint density at radius 3 is 0.536 bits per heavy atom. The molecule has 596 valence electrons. The molecule has 17 rings (SSSR count). The number of pyridine rings is 1. The molecule has 0 saturated heterocycles. The van der Waals surface area contributed by atoms with Gasteiger partial charge >= 0.3 is 0 Å². The number of hydrogen-bond acceptors (Lipinski definition) is 1. The summed E-state index contributed by atoms with van der Waals surface area (Å²) in [6, 6.07) is 113. The van der Waals surface area contributed by atoms with Gasteiger partial charge in [0.25, 0.3) is 0 Å². The molecule has 2 aliphatic rings. The minimum Gasteiger partial charge on any atom is -0.265 e. The Balaban J connectivity index is -0.000000285. The second kappa shape index (κ2) is 75.8. The third-order valence-electron chi connectivity index (χ3n) is 14.8.